The Morgan fingerprint density at radius 2 is 2.15 bits per heavy atom. The minimum Gasteiger partial charge on any atom is -0.472 e. The van der Waals surface area contributed by atoms with E-state index in [0.717, 1.165) is 45.4 Å². The number of furan rings is 1. The number of imidazole rings is 1. The van der Waals surface area contributed by atoms with Gasteiger partial charge < -0.3 is 14.7 Å². The topological polar surface area (TPSA) is 69.9 Å². The van der Waals surface area contributed by atoms with E-state index in [0.29, 0.717) is 11.6 Å². The van der Waals surface area contributed by atoms with Crippen molar-refractivity contribution in [3.8, 4) is 11.4 Å². The van der Waals surface area contributed by atoms with Gasteiger partial charge >= 0.3 is 0 Å². The Labute approximate surface area is 162 Å². The van der Waals surface area contributed by atoms with Gasteiger partial charge in [0.05, 0.1) is 42.0 Å². The van der Waals surface area contributed by atoms with Crippen LogP contribution in [0.4, 0.5) is 0 Å². The molecule has 0 bridgehead atoms. The zero-order valence-corrected chi connectivity index (χ0v) is 15.6. The molecule has 27 heavy (non-hydrogen) atoms. The number of nitrogens with zero attached hydrogens (tertiary/aromatic N) is 3. The third-order valence-electron chi connectivity index (χ3n) is 4.50. The Morgan fingerprint density at radius 1 is 1.26 bits per heavy atom. The summed E-state index contributed by atoms with van der Waals surface area (Å²) >= 11 is 6.46. The van der Waals surface area contributed by atoms with Crippen LogP contribution in [-0.4, -0.2) is 21.1 Å². The zero-order valence-electron chi connectivity index (χ0n) is 14.9. The molecule has 4 aromatic rings. The molecular formula is C21H19ClN4O. The van der Waals surface area contributed by atoms with Gasteiger partial charge in [-0.15, -0.1) is 0 Å². The maximum Gasteiger partial charge on any atom is 0.0974 e. The van der Waals surface area contributed by atoms with Crippen molar-refractivity contribution in [2.45, 2.75) is 6.42 Å². The minimum absolute atomic E-state index is 0.548. The van der Waals surface area contributed by atoms with E-state index in [1.54, 1.807) is 18.9 Å². The van der Waals surface area contributed by atoms with Gasteiger partial charge in [0.1, 0.15) is 0 Å². The lowest BCUT2D eigenvalue weighted by molar-refractivity contribution is 0.567. The Hall–Kier alpha value is -2.89. The molecule has 0 fully saturated rings. The summed E-state index contributed by atoms with van der Waals surface area (Å²) in [5.74, 6) is 0. The standard InChI is InChI=1S/C21H19ClN4O/c1-26-13-24-11-21(26)20-9-15(3-2-14-5-7-27-12-14)17-8-16(4-6-23)18(22)10-19(17)25-20/h2-3,5,7-13H,4,6,23H2,1H3/b3-2+. The highest BCUT2D eigenvalue weighted by Gasteiger charge is 2.12. The van der Waals surface area contributed by atoms with Crippen molar-refractivity contribution in [2.75, 3.05) is 6.54 Å². The van der Waals surface area contributed by atoms with Crippen LogP contribution < -0.4 is 5.73 Å². The third-order valence-corrected chi connectivity index (χ3v) is 4.85. The number of aromatic nitrogens is 3. The van der Waals surface area contributed by atoms with Crippen LogP contribution >= 0.6 is 11.6 Å². The largest absolute Gasteiger partial charge is 0.472 e. The van der Waals surface area contributed by atoms with Gasteiger partial charge in [-0.25, -0.2) is 9.97 Å². The molecule has 136 valence electrons. The molecule has 0 unspecified atom stereocenters. The van der Waals surface area contributed by atoms with Crippen molar-refractivity contribution < 1.29 is 4.42 Å². The minimum atomic E-state index is 0.548. The van der Waals surface area contributed by atoms with Gasteiger partial charge in [0.2, 0.25) is 0 Å². The summed E-state index contributed by atoms with van der Waals surface area (Å²) in [6.07, 6.45) is 11.7. The van der Waals surface area contributed by atoms with Crippen molar-refractivity contribution in [2.24, 2.45) is 12.8 Å². The number of benzene rings is 1. The summed E-state index contributed by atoms with van der Waals surface area (Å²) in [5, 5.41) is 1.72. The lowest BCUT2D eigenvalue weighted by Gasteiger charge is -2.11. The second kappa shape index (κ2) is 7.39. The number of aryl methyl sites for hydroxylation is 1. The van der Waals surface area contributed by atoms with E-state index in [-0.39, 0.29) is 0 Å². The summed E-state index contributed by atoms with van der Waals surface area (Å²) in [7, 11) is 1.95. The van der Waals surface area contributed by atoms with Gasteiger partial charge in [-0.1, -0.05) is 23.8 Å². The highest BCUT2D eigenvalue weighted by Crippen LogP contribution is 2.30. The van der Waals surface area contributed by atoms with Crippen LogP contribution in [0.15, 0.2) is 53.7 Å². The highest BCUT2D eigenvalue weighted by atomic mass is 35.5. The number of pyridine rings is 1. The summed E-state index contributed by atoms with van der Waals surface area (Å²) in [5.41, 5.74) is 11.4. The van der Waals surface area contributed by atoms with E-state index in [4.69, 9.17) is 26.7 Å². The van der Waals surface area contributed by atoms with Crippen molar-refractivity contribution >= 4 is 34.7 Å². The van der Waals surface area contributed by atoms with E-state index in [2.05, 4.69) is 23.2 Å². The molecule has 0 saturated heterocycles. The van der Waals surface area contributed by atoms with E-state index in [1.807, 2.05) is 36.0 Å². The maximum absolute atomic E-state index is 6.46. The number of nitrogens with two attached hydrogens (primary N) is 1. The molecule has 4 rings (SSSR count). The molecule has 5 nitrogen and oxygen atoms in total. The molecule has 6 heteroatoms. The molecular weight excluding hydrogens is 360 g/mol. The Kier molecular flexibility index (Phi) is 4.79. The lowest BCUT2D eigenvalue weighted by atomic mass is 10.0. The summed E-state index contributed by atoms with van der Waals surface area (Å²) in [6.45, 7) is 0.548. The van der Waals surface area contributed by atoms with Crippen molar-refractivity contribution in [3.05, 3.63) is 71.0 Å². The number of halogens is 1. The molecule has 3 aromatic heterocycles. The van der Waals surface area contributed by atoms with Gasteiger partial charge in [0, 0.05) is 23.0 Å². The smallest absolute Gasteiger partial charge is 0.0974 e. The van der Waals surface area contributed by atoms with E-state index in [1.165, 1.54) is 0 Å². The van der Waals surface area contributed by atoms with Gasteiger partial charge in [0.25, 0.3) is 0 Å². The quantitative estimate of drug-likeness (QED) is 0.553. The molecule has 3 heterocycles. The lowest BCUT2D eigenvalue weighted by Crippen LogP contribution is -2.03. The molecule has 0 aliphatic heterocycles. The number of fused-ring (bicyclic) bond motifs is 1. The molecule has 0 amide bonds. The molecule has 0 aliphatic rings. The molecule has 0 spiro atoms. The van der Waals surface area contributed by atoms with Crippen LogP contribution in [0.5, 0.6) is 0 Å². The highest BCUT2D eigenvalue weighted by molar-refractivity contribution is 6.32. The predicted octanol–water partition coefficient (Wildman–Crippen LogP) is 4.55. The normalized spacial score (nSPS) is 11.7. The van der Waals surface area contributed by atoms with Crippen LogP contribution in [0.25, 0.3) is 34.4 Å². The average molecular weight is 379 g/mol. The van der Waals surface area contributed by atoms with E-state index >= 15 is 0 Å². The fourth-order valence-electron chi connectivity index (χ4n) is 3.09. The van der Waals surface area contributed by atoms with Crippen molar-refractivity contribution in [1.29, 1.82) is 0 Å². The Balaban J connectivity index is 1.92. The summed E-state index contributed by atoms with van der Waals surface area (Å²) in [6, 6.07) is 7.98. The Bertz CT molecular complexity index is 1110. The monoisotopic (exact) mass is 378 g/mol. The maximum atomic E-state index is 6.46. The fourth-order valence-corrected chi connectivity index (χ4v) is 3.35. The average Bonchev–Trinajstić information content (AvgIpc) is 3.32. The van der Waals surface area contributed by atoms with Gasteiger partial charge in [0.15, 0.2) is 0 Å². The molecule has 0 aliphatic carbocycles. The van der Waals surface area contributed by atoms with Crippen LogP contribution in [-0.2, 0) is 13.5 Å². The number of rotatable bonds is 5. The molecule has 1 aromatic carbocycles. The second-order valence-corrected chi connectivity index (χ2v) is 6.78. The third kappa shape index (κ3) is 3.52. The summed E-state index contributed by atoms with van der Waals surface area (Å²) in [4.78, 5) is 9.02. The fraction of sp³-hybridized carbons (Fsp3) is 0.143. The first-order chi connectivity index (χ1) is 13.2. The SMILES string of the molecule is Cn1cncc1-c1cc(/C=C/c2ccoc2)c2cc(CCN)c(Cl)cc2n1. The molecule has 0 radical (unpaired) electrons. The van der Waals surface area contributed by atoms with Crippen LogP contribution in [0.1, 0.15) is 16.7 Å². The first-order valence-electron chi connectivity index (χ1n) is 8.66. The first kappa shape index (κ1) is 17.5. The van der Waals surface area contributed by atoms with Crippen LogP contribution in [0, 0.1) is 0 Å². The predicted molar refractivity (Wildman–Crippen MR) is 109 cm³/mol. The second-order valence-electron chi connectivity index (χ2n) is 6.38. The molecule has 2 N–H and O–H groups in total. The first-order valence-corrected chi connectivity index (χ1v) is 9.03. The van der Waals surface area contributed by atoms with Gasteiger partial charge in [-0.05, 0) is 48.4 Å². The van der Waals surface area contributed by atoms with Gasteiger partial charge in [-0.2, -0.15) is 0 Å². The molecule has 0 atom stereocenters. The van der Waals surface area contributed by atoms with Crippen LogP contribution in [0.3, 0.4) is 0 Å². The number of hydrogen-bond donors (Lipinski definition) is 1. The van der Waals surface area contributed by atoms with Crippen molar-refractivity contribution in [3.63, 3.8) is 0 Å². The van der Waals surface area contributed by atoms with E-state index in [9.17, 15) is 0 Å². The van der Waals surface area contributed by atoms with Crippen LogP contribution in [0.2, 0.25) is 5.02 Å². The summed E-state index contributed by atoms with van der Waals surface area (Å²) < 4.78 is 7.10. The molecule has 0 saturated carbocycles. The van der Waals surface area contributed by atoms with E-state index < -0.39 is 0 Å². The number of hydrogen-bond acceptors (Lipinski definition) is 4. The van der Waals surface area contributed by atoms with Crippen molar-refractivity contribution in [1.82, 2.24) is 14.5 Å². The Morgan fingerprint density at radius 3 is 2.85 bits per heavy atom. The zero-order chi connectivity index (χ0) is 18.8. The van der Waals surface area contributed by atoms with Gasteiger partial charge in [-0.3, -0.25) is 0 Å².